The summed E-state index contributed by atoms with van der Waals surface area (Å²) < 4.78 is 18.7. The molecule has 2 N–H and O–H groups in total. The maximum atomic E-state index is 13.3. The summed E-state index contributed by atoms with van der Waals surface area (Å²) in [5.74, 6) is 0.177. The topological polar surface area (TPSA) is 44.7 Å². The van der Waals surface area contributed by atoms with Gasteiger partial charge in [-0.05, 0) is 18.6 Å². The Morgan fingerprint density at radius 1 is 1.42 bits per heavy atom. The molecule has 0 aromatic heterocycles. The summed E-state index contributed by atoms with van der Waals surface area (Å²) in [6, 6.07) is 4.75. The van der Waals surface area contributed by atoms with Gasteiger partial charge in [0.05, 0.1) is 0 Å². The highest BCUT2D eigenvalue weighted by Crippen LogP contribution is 2.16. The maximum Gasteiger partial charge on any atom is 0.129 e. The molecule has 0 bridgehead atoms. The number of aliphatic hydroxyl groups excluding tert-OH is 1. The fraction of sp³-hybridized carbons (Fsp3) is 0.571. The zero-order chi connectivity index (χ0) is 13.7. The number of nitrogens with zero attached hydrogens (tertiary/aromatic N) is 1. The van der Waals surface area contributed by atoms with Crippen LogP contribution in [0.2, 0.25) is 0 Å². The molecule has 1 heterocycles. The lowest BCUT2D eigenvalue weighted by molar-refractivity contribution is 0.0640. The molecule has 1 saturated heterocycles. The van der Waals surface area contributed by atoms with Gasteiger partial charge in [-0.15, -0.1) is 0 Å². The Morgan fingerprint density at radius 3 is 2.84 bits per heavy atom. The van der Waals surface area contributed by atoms with Crippen molar-refractivity contribution in [2.45, 2.75) is 13.0 Å². The van der Waals surface area contributed by atoms with Gasteiger partial charge in [-0.2, -0.15) is 0 Å². The zero-order valence-electron chi connectivity index (χ0n) is 11.2. The van der Waals surface area contributed by atoms with E-state index in [4.69, 9.17) is 4.74 Å². The van der Waals surface area contributed by atoms with E-state index < -0.39 is 6.10 Å². The van der Waals surface area contributed by atoms with E-state index in [9.17, 15) is 9.50 Å². The van der Waals surface area contributed by atoms with Crippen LogP contribution < -0.4 is 10.1 Å². The molecule has 4 nitrogen and oxygen atoms in total. The predicted molar refractivity (Wildman–Crippen MR) is 71.9 cm³/mol. The molecule has 0 amide bonds. The van der Waals surface area contributed by atoms with Crippen molar-refractivity contribution in [3.05, 3.63) is 29.6 Å². The van der Waals surface area contributed by atoms with Crippen LogP contribution in [0.3, 0.4) is 0 Å². The second-order valence-electron chi connectivity index (χ2n) is 4.93. The molecule has 0 aliphatic carbocycles. The number of β-amino-alcohol motifs (C(OH)–C–C–N with tert-alkyl or cyclic N) is 1. The van der Waals surface area contributed by atoms with Gasteiger partial charge in [-0.25, -0.2) is 4.39 Å². The molecule has 0 radical (unpaired) electrons. The average molecular weight is 268 g/mol. The number of aryl methyl sites for hydroxylation is 1. The number of ether oxygens (including phenoxy) is 1. The Balaban J connectivity index is 1.75. The third-order valence-corrected chi connectivity index (χ3v) is 3.26. The van der Waals surface area contributed by atoms with Gasteiger partial charge in [0.25, 0.3) is 0 Å². The quantitative estimate of drug-likeness (QED) is 0.828. The van der Waals surface area contributed by atoms with E-state index >= 15 is 0 Å². The highest BCUT2D eigenvalue weighted by atomic mass is 19.1. The number of nitrogens with one attached hydrogen (secondary N) is 1. The highest BCUT2D eigenvalue weighted by molar-refractivity contribution is 5.27. The SMILES string of the molecule is Cc1ccc(OCC(O)CN2CCNCC2)cc1F. The Kier molecular flexibility index (Phi) is 5.13. The Bertz CT molecular complexity index is 408. The van der Waals surface area contributed by atoms with E-state index in [2.05, 4.69) is 10.2 Å². The summed E-state index contributed by atoms with van der Waals surface area (Å²) in [5.41, 5.74) is 0.591. The number of hydrogen-bond donors (Lipinski definition) is 2. The van der Waals surface area contributed by atoms with Crippen molar-refractivity contribution in [3.8, 4) is 5.75 Å². The first-order valence-electron chi connectivity index (χ1n) is 6.65. The van der Waals surface area contributed by atoms with E-state index in [1.165, 1.54) is 6.07 Å². The van der Waals surface area contributed by atoms with E-state index in [1.54, 1.807) is 19.1 Å². The summed E-state index contributed by atoms with van der Waals surface area (Å²) in [7, 11) is 0. The molecule has 1 aliphatic heterocycles. The normalized spacial score (nSPS) is 18.3. The van der Waals surface area contributed by atoms with E-state index in [-0.39, 0.29) is 12.4 Å². The minimum Gasteiger partial charge on any atom is -0.491 e. The summed E-state index contributed by atoms with van der Waals surface area (Å²) in [5, 5.41) is 13.2. The van der Waals surface area contributed by atoms with Gasteiger partial charge in [0.1, 0.15) is 24.3 Å². The largest absolute Gasteiger partial charge is 0.491 e. The molecule has 1 atom stereocenters. The van der Waals surface area contributed by atoms with E-state index in [0.717, 1.165) is 26.2 Å². The lowest BCUT2D eigenvalue weighted by atomic mass is 10.2. The molecule has 1 unspecified atom stereocenters. The van der Waals surface area contributed by atoms with Crippen molar-refractivity contribution in [3.63, 3.8) is 0 Å². The Morgan fingerprint density at radius 2 is 2.16 bits per heavy atom. The van der Waals surface area contributed by atoms with Crippen LogP contribution in [0.4, 0.5) is 4.39 Å². The highest BCUT2D eigenvalue weighted by Gasteiger charge is 2.14. The molecule has 0 saturated carbocycles. The smallest absolute Gasteiger partial charge is 0.129 e. The summed E-state index contributed by atoms with van der Waals surface area (Å²) >= 11 is 0. The van der Waals surface area contributed by atoms with E-state index in [0.29, 0.717) is 17.9 Å². The first-order valence-corrected chi connectivity index (χ1v) is 6.65. The molecule has 0 spiro atoms. The Hall–Kier alpha value is -1.17. The van der Waals surface area contributed by atoms with Gasteiger partial charge in [-0.3, -0.25) is 4.90 Å². The van der Waals surface area contributed by atoms with Gasteiger partial charge in [0, 0.05) is 38.8 Å². The fourth-order valence-electron chi connectivity index (χ4n) is 2.10. The lowest BCUT2D eigenvalue weighted by Crippen LogP contribution is -2.47. The molecule has 5 heteroatoms. The molecule has 19 heavy (non-hydrogen) atoms. The van der Waals surface area contributed by atoms with Gasteiger partial charge in [0.2, 0.25) is 0 Å². The van der Waals surface area contributed by atoms with Crippen LogP contribution in [-0.4, -0.2) is 55.4 Å². The van der Waals surface area contributed by atoms with Crippen molar-refractivity contribution in [2.75, 3.05) is 39.3 Å². The summed E-state index contributed by atoms with van der Waals surface area (Å²) in [6.07, 6.45) is -0.553. The van der Waals surface area contributed by atoms with Gasteiger partial charge in [0.15, 0.2) is 0 Å². The van der Waals surface area contributed by atoms with Crippen molar-refractivity contribution in [1.82, 2.24) is 10.2 Å². The third-order valence-electron chi connectivity index (χ3n) is 3.26. The molecule has 106 valence electrons. The second-order valence-corrected chi connectivity index (χ2v) is 4.93. The number of benzene rings is 1. The number of piperazine rings is 1. The lowest BCUT2D eigenvalue weighted by Gasteiger charge is -2.29. The van der Waals surface area contributed by atoms with Crippen molar-refractivity contribution >= 4 is 0 Å². The zero-order valence-corrected chi connectivity index (χ0v) is 11.2. The van der Waals surface area contributed by atoms with Gasteiger partial charge < -0.3 is 15.2 Å². The number of aliphatic hydroxyl groups is 1. The van der Waals surface area contributed by atoms with Gasteiger partial charge >= 0.3 is 0 Å². The summed E-state index contributed by atoms with van der Waals surface area (Å²) in [4.78, 5) is 2.19. The van der Waals surface area contributed by atoms with Crippen LogP contribution in [0.15, 0.2) is 18.2 Å². The average Bonchev–Trinajstić information content (AvgIpc) is 2.41. The monoisotopic (exact) mass is 268 g/mol. The third kappa shape index (κ3) is 4.45. The number of hydrogen-bond acceptors (Lipinski definition) is 4. The molecule has 1 aromatic carbocycles. The first-order chi connectivity index (χ1) is 9.15. The second kappa shape index (κ2) is 6.84. The summed E-state index contributed by atoms with van der Waals surface area (Å²) in [6.45, 7) is 6.28. The molecule has 1 fully saturated rings. The fourth-order valence-corrected chi connectivity index (χ4v) is 2.10. The number of halogens is 1. The van der Waals surface area contributed by atoms with Crippen LogP contribution in [0.5, 0.6) is 5.75 Å². The van der Waals surface area contributed by atoms with Crippen LogP contribution >= 0.6 is 0 Å². The molecule has 2 rings (SSSR count). The predicted octanol–water partition coefficient (Wildman–Crippen LogP) is 0.779. The Labute approximate surface area is 113 Å². The molecule has 1 aliphatic rings. The van der Waals surface area contributed by atoms with Crippen molar-refractivity contribution in [2.24, 2.45) is 0 Å². The molecular weight excluding hydrogens is 247 g/mol. The first kappa shape index (κ1) is 14.2. The maximum absolute atomic E-state index is 13.3. The van der Waals surface area contributed by atoms with Crippen LogP contribution in [0.1, 0.15) is 5.56 Å². The van der Waals surface area contributed by atoms with Crippen molar-refractivity contribution < 1.29 is 14.2 Å². The van der Waals surface area contributed by atoms with Crippen molar-refractivity contribution in [1.29, 1.82) is 0 Å². The minimum atomic E-state index is -0.553. The van der Waals surface area contributed by atoms with Gasteiger partial charge in [-0.1, -0.05) is 6.07 Å². The molecule has 1 aromatic rings. The number of rotatable bonds is 5. The van der Waals surface area contributed by atoms with Crippen LogP contribution in [0.25, 0.3) is 0 Å². The van der Waals surface area contributed by atoms with Crippen LogP contribution in [0, 0.1) is 12.7 Å². The minimum absolute atomic E-state index is 0.187. The standard InChI is InChI=1S/C14H21FN2O2/c1-11-2-3-13(8-14(11)15)19-10-12(18)9-17-6-4-16-5-7-17/h2-3,8,12,16,18H,4-7,9-10H2,1H3. The molecular formula is C14H21FN2O2. The van der Waals surface area contributed by atoms with Crippen LogP contribution in [-0.2, 0) is 0 Å². The van der Waals surface area contributed by atoms with E-state index in [1.807, 2.05) is 0 Å².